The molecule has 0 heterocycles. The van der Waals surface area contributed by atoms with Crippen molar-refractivity contribution in [2.75, 3.05) is 0 Å². The van der Waals surface area contributed by atoms with Crippen molar-refractivity contribution in [2.24, 2.45) is 0 Å². The average Bonchev–Trinajstić information content (AvgIpc) is 2.40. The van der Waals surface area contributed by atoms with Gasteiger partial charge in [-0.05, 0) is 36.1 Å². The zero-order chi connectivity index (χ0) is 14.7. The monoisotopic (exact) mass is 268 g/mol. The molecular formula is C17H16O3. The molecule has 102 valence electrons. The summed E-state index contributed by atoms with van der Waals surface area (Å²) in [4.78, 5) is 11.2. The van der Waals surface area contributed by atoms with Gasteiger partial charge in [-0.1, -0.05) is 36.4 Å². The summed E-state index contributed by atoms with van der Waals surface area (Å²) in [5, 5.41) is 19.4. The Kier molecular flexibility index (Phi) is 3.89. The van der Waals surface area contributed by atoms with Crippen LogP contribution in [0.1, 0.15) is 21.5 Å². The number of allylic oxidation sites excluding steroid dienone is 1. The Morgan fingerprint density at radius 1 is 1.25 bits per heavy atom. The Morgan fingerprint density at radius 3 is 2.60 bits per heavy atom. The molecule has 0 saturated carbocycles. The van der Waals surface area contributed by atoms with Crippen LogP contribution < -0.4 is 0 Å². The first kappa shape index (κ1) is 13.9. The Hall–Kier alpha value is -2.55. The molecule has 2 aromatic carbocycles. The first-order valence-corrected chi connectivity index (χ1v) is 6.31. The highest BCUT2D eigenvalue weighted by Crippen LogP contribution is 2.37. The van der Waals surface area contributed by atoms with Crippen molar-refractivity contribution in [3.8, 4) is 16.9 Å². The van der Waals surface area contributed by atoms with E-state index >= 15 is 0 Å². The smallest absolute Gasteiger partial charge is 0.339 e. The number of phenols is 1. The van der Waals surface area contributed by atoms with Gasteiger partial charge in [-0.25, -0.2) is 4.79 Å². The van der Waals surface area contributed by atoms with Crippen molar-refractivity contribution < 1.29 is 15.0 Å². The molecule has 0 amide bonds. The number of benzene rings is 2. The summed E-state index contributed by atoms with van der Waals surface area (Å²) in [7, 11) is 0. The van der Waals surface area contributed by atoms with Crippen molar-refractivity contribution in [1.29, 1.82) is 0 Å². The topological polar surface area (TPSA) is 57.5 Å². The van der Waals surface area contributed by atoms with Gasteiger partial charge in [-0.2, -0.15) is 0 Å². The SMILES string of the molecule is C=CCc1ccccc1-c1c(C)ccc(C(=O)O)c1O. The normalized spacial score (nSPS) is 10.2. The van der Waals surface area contributed by atoms with Crippen molar-refractivity contribution in [2.45, 2.75) is 13.3 Å². The largest absolute Gasteiger partial charge is 0.506 e. The van der Waals surface area contributed by atoms with Crippen LogP contribution >= 0.6 is 0 Å². The van der Waals surface area contributed by atoms with Crippen LogP contribution in [-0.2, 0) is 6.42 Å². The Balaban J connectivity index is 2.72. The van der Waals surface area contributed by atoms with Crippen molar-refractivity contribution in [3.05, 3.63) is 65.7 Å². The van der Waals surface area contributed by atoms with Gasteiger partial charge in [0.15, 0.2) is 0 Å². The number of carboxylic acid groups (broad SMARTS) is 1. The third-order valence-corrected chi connectivity index (χ3v) is 3.27. The molecule has 0 aliphatic rings. The zero-order valence-corrected chi connectivity index (χ0v) is 11.3. The first-order chi connectivity index (χ1) is 9.56. The molecule has 0 spiro atoms. The summed E-state index contributed by atoms with van der Waals surface area (Å²) in [5.41, 5.74) is 3.17. The fraction of sp³-hybridized carbons (Fsp3) is 0.118. The second-order valence-electron chi connectivity index (χ2n) is 4.61. The molecule has 0 fully saturated rings. The van der Waals surface area contributed by atoms with E-state index in [1.54, 1.807) is 12.1 Å². The van der Waals surface area contributed by atoms with Gasteiger partial charge in [-0.15, -0.1) is 6.58 Å². The van der Waals surface area contributed by atoms with Crippen LogP contribution in [0.2, 0.25) is 0 Å². The van der Waals surface area contributed by atoms with E-state index in [0.717, 1.165) is 16.7 Å². The molecule has 2 rings (SSSR count). The molecule has 0 aromatic heterocycles. The number of carbonyl (C=O) groups is 1. The molecular weight excluding hydrogens is 252 g/mol. The zero-order valence-electron chi connectivity index (χ0n) is 11.3. The fourth-order valence-corrected chi connectivity index (χ4v) is 2.30. The lowest BCUT2D eigenvalue weighted by Crippen LogP contribution is -2.00. The molecule has 0 bridgehead atoms. The maximum atomic E-state index is 11.2. The number of carboxylic acids is 1. The van der Waals surface area contributed by atoms with Gasteiger partial charge in [0.1, 0.15) is 11.3 Å². The van der Waals surface area contributed by atoms with E-state index in [2.05, 4.69) is 6.58 Å². The minimum absolute atomic E-state index is 0.0843. The average molecular weight is 268 g/mol. The molecule has 3 heteroatoms. The van der Waals surface area contributed by atoms with Crippen LogP contribution in [0.25, 0.3) is 11.1 Å². The van der Waals surface area contributed by atoms with E-state index < -0.39 is 5.97 Å². The van der Waals surface area contributed by atoms with E-state index in [1.807, 2.05) is 31.2 Å². The molecule has 0 unspecified atom stereocenters. The summed E-state index contributed by atoms with van der Waals surface area (Å²) in [6, 6.07) is 10.7. The van der Waals surface area contributed by atoms with E-state index in [1.165, 1.54) is 6.07 Å². The highest BCUT2D eigenvalue weighted by atomic mass is 16.4. The number of rotatable bonds is 4. The highest BCUT2D eigenvalue weighted by molar-refractivity contribution is 5.95. The molecule has 0 saturated heterocycles. The van der Waals surface area contributed by atoms with Crippen molar-refractivity contribution >= 4 is 5.97 Å². The van der Waals surface area contributed by atoms with Crippen molar-refractivity contribution in [3.63, 3.8) is 0 Å². The van der Waals surface area contributed by atoms with E-state index in [0.29, 0.717) is 12.0 Å². The van der Waals surface area contributed by atoms with Crippen molar-refractivity contribution in [1.82, 2.24) is 0 Å². The Bertz CT molecular complexity index is 672. The van der Waals surface area contributed by atoms with Crippen LogP contribution in [0, 0.1) is 6.92 Å². The van der Waals surface area contributed by atoms with Gasteiger partial charge in [0, 0.05) is 5.56 Å². The van der Waals surface area contributed by atoms with Crippen LogP contribution in [-0.4, -0.2) is 16.2 Å². The number of hydrogen-bond donors (Lipinski definition) is 2. The lowest BCUT2D eigenvalue weighted by molar-refractivity contribution is 0.0694. The molecule has 0 aliphatic heterocycles. The van der Waals surface area contributed by atoms with Gasteiger partial charge in [0.05, 0.1) is 0 Å². The number of aromatic carboxylic acids is 1. The number of hydrogen-bond acceptors (Lipinski definition) is 2. The second-order valence-corrected chi connectivity index (χ2v) is 4.61. The molecule has 2 N–H and O–H groups in total. The minimum atomic E-state index is -1.13. The summed E-state index contributed by atoms with van der Waals surface area (Å²) in [5.74, 6) is -1.32. The van der Waals surface area contributed by atoms with Gasteiger partial charge in [0.2, 0.25) is 0 Å². The van der Waals surface area contributed by atoms with Gasteiger partial charge < -0.3 is 10.2 Å². The van der Waals surface area contributed by atoms with Crippen LogP contribution in [0.5, 0.6) is 5.75 Å². The predicted octanol–water partition coefficient (Wildman–Crippen LogP) is 3.79. The summed E-state index contributed by atoms with van der Waals surface area (Å²) >= 11 is 0. The lowest BCUT2D eigenvalue weighted by atomic mass is 9.92. The summed E-state index contributed by atoms with van der Waals surface area (Å²) < 4.78 is 0. The first-order valence-electron chi connectivity index (χ1n) is 6.31. The van der Waals surface area contributed by atoms with Gasteiger partial charge in [-0.3, -0.25) is 0 Å². The maximum absolute atomic E-state index is 11.2. The predicted molar refractivity (Wildman–Crippen MR) is 79.1 cm³/mol. The maximum Gasteiger partial charge on any atom is 0.339 e. The third-order valence-electron chi connectivity index (χ3n) is 3.27. The van der Waals surface area contributed by atoms with E-state index in [4.69, 9.17) is 5.11 Å². The molecule has 0 radical (unpaired) electrons. The Morgan fingerprint density at radius 2 is 1.95 bits per heavy atom. The van der Waals surface area contributed by atoms with E-state index in [-0.39, 0.29) is 11.3 Å². The van der Waals surface area contributed by atoms with E-state index in [9.17, 15) is 9.90 Å². The van der Waals surface area contributed by atoms with Crippen LogP contribution in [0.4, 0.5) is 0 Å². The Labute approximate surface area is 117 Å². The quantitative estimate of drug-likeness (QED) is 0.829. The number of aryl methyl sites for hydroxylation is 1. The number of aromatic hydroxyl groups is 1. The summed E-state index contributed by atoms with van der Waals surface area (Å²) in [6.45, 7) is 5.58. The molecule has 3 nitrogen and oxygen atoms in total. The van der Waals surface area contributed by atoms with Crippen LogP contribution in [0.3, 0.4) is 0 Å². The van der Waals surface area contributed by atoms with Crippen LogP contribution in [0.15, 0.2) is 49.1 Å². The molecule has 20 heavy (non-hydrogen) atoms. The van der Waals surface area contributed by atoms with Gasteiger partial charge in [0.25, 0.3) is 0 Å². The third kappa shape index (κ3) is 2.43. The molecule has 2 aromatic rings. The molecule has 0 aliphatic carbocycles. The lowest BCUT2D eigenvalue weighted by Gasteiger charge is -2.14. The molecule has 0 atom stereocenters. The van der Waals surface area contributed by atoms with Gasteiger partial charge >= 0.3 is 5.97 Å². The summed E-state index contributed by atoms with van der Waals surface area (Å²) in [6.07, 6.45) is 2.44. The fourth-order valence-electron chi connectivity index (χ4n) is 2.30. The highest BCUT2D eigenvalue weighted by Gasteiger charge is 2.18. The second kappa shape index (κ2) is 5.61. The minimum Gasteiger partial charge on any atom is -0.506 e. The standard InChI is InChI=1S/C17H16O3/c1-3-6-12-7-4-5-8-13(12)15-11(2)9-10-14(16(15)18)17(19)20/h3-5,7-10,18H,1,6H2,2H3,(H,19,20).